The summed E-state index contributed by atoms with van der Waals surface area (Å²) >= 11 is 0. The summed E-state index contributed by atoms with van der Waals surface area (Å²) in [4.78, 5) is 0. The Morgan fingerprint density at radius 1 is 1.17 bits per heavy atom. The Balaban J connectivity index is 2.93. The second kappa shape index (κ2) is 6.79. The molecule has 2 heteroatoms. The van der Waals surface area contributed by atoms with Crippen molar-refractivity contribution in [2.24, 2.45) is 5.92 Å². The standard InChI is InChI=1S/C16H27NO/c1-7-18-16-9-12(4)14(8-13(16)5)10-15(17-6)11(2)3/h8-9,11,15,17H,7,10H2,1-6H3. The van der Waals surface area contributed by atoms with Gasteiger partial charge in [-0.25, -0.2) is 0 Å². The summed E-state index contributed by atoms with van der Waals surface area (Å²) < 4.78 is 5.64. The van der Waals surface area contributed by atoms with Crippen LogP contribution in [0.25, 0.3) is 0 Å². The number of aryl methyl sites for hydroxylation is 2. The van der Waals surface area contributed by atoms with Crippen molar-refractivity contribution in [3.05, 3.63) is 28.8 Å². The van der Waals surface area contributed by atoms with Crippen LogP contribution in [0.15, 0.2) is 12.1 Å². The molecule has 1 aromatic carbocycles. The first kappa shape index (κ1) is 15.0. The summed E-state index contributed by atoms with van der Waals surface area (Å²) in [5.41, 5.74) is 3.98. The van der Waals surface area contributed by atoms with Gasteiger partial charge < -0.3 is 10.1 Å². The Morgan fingerprint density at radius 3 is 2.33 bits per heavy atom. The molecule has 0 saturated heterocycles. The summed E-state index contributed by atoms with van der Waals surface area (Å²) in [6.45, 7) is 11.6. The molecule has 0 bridgehead atoms. The molecule has 18 heavy (non-hydrogen) atoms. The first-order chi connectivity index (χ1) is 8.49. The van der Waals surface area contributed by atoms with Gasteiger partial charge in [0, 0.05) is 6.04 Å². The van der Waals surface area contributed by atoms with Gasteiger partial charge in [0.1, 0.15) is 5.75 Å². The van der Waals surface area contributed by atoms with Gasteiger partial charge in [0.05, 0.1) is 6.61 Å². The van der Waals surface area contributed by atoms with E-state index in [-0.39, 0.29) is 0 Å². The van der Waals surface area contributed by atoms with E-state index in [1.54, 1.807) is 0 Å². The van der Waals surface area contributed by atoms with Crippen molar-refractivity contribution < 1.29 is 4.74 Å². The number of likely N-dealkylation sites (N-methyl/N-ethyl adjacent to an activating group) is 1. The van der Waals surface area contributed by atoms with Gasteiger partial charge in [-0.1, -0.05) is 19.9 Å². The minimum Gasteiger partial charge on any atom is -0.494 e. The summed E-state index contributed by atoms with van der Waals surface area (Å²) in [7, 11) is 2.04. The highest BCUT2D eigenvalue weighted by molar-refractivity contribution is 5.41. The molecule has 0 spiro atoms. The van der Waals surface area contributed by atoms with Crippen LogP contribution >= 0.6 is 0 Å². The SMILES string of the molecule is CCOc1cc(C)c(CC(NC)C(C)C)cc1C. The van der Waals surface area contributed by atoms with Gasteiger partial charge in [0.15, 0.2) is 0 Å². The van der Waals surface area contributed by atoms with Crippen LogP contribution in [0.3, 0.4) is 0 Å². The predicted octanol–water partition coefficient (Wildman–Crippen LogP) is 3.49. The second-order valence-electron chi connectivity index (χ2n) is 5.32. The molecule has 0 heterocycles. The van der Waals surface area contributed by atoms with Crippen LogP contribution < -0.4 is 10.1 Å². The van der Waals surface area contributed by atoms with E-state index in [1.165, 1.54) is 16.7 Å². The maximum Gasteiger partial charge on any atom is 0.122 e. The molecule has 0 fully saturated rings. The summed E-state index contributed by atoms with van der Waals surface area (Å²) in [6.07, 6.45) is 1.08. The topological polar surface area (TPSA) is 21.3 Å². The van der Waals surface area contributed by atoms with Crippen molar-refractivity contribution >= 4 is 0 Å². The highest BCUT2D eigenvalue weighted by Crippen LogP contribution is 2.24. The number of benzene rings is 1. The molecule has 1 atom stereocenters. The van der Waals surface area contributed by atoms with Crippen LogP contribution in [0.1, 0.15) is 37.5 Å². The third-order valence-electron chi connectivity index (χ3n) is 3.55. The van der Waals surface area contributed by atoms with E-state index in [0.717, 1.165) is 18.8 Å². The van der Waals surface area contributed by atoms with E-state index in [0.29, 0.717) is 12.0 Å². The smallest absolute Gasteiger partial charge is 0.122 e. The summed E-state index contributed by atoms with van der Waals surface area (Å²) in [5, 5.41) is 3.41. The Hall–Kier alpha value is -1.02. The van der Waals surface area contributed by atoms with Gasteiger partial charge in [-0.05, 0) is 62.9 Å². The van der Waals surface area contributed by atoms with E-state index in [2.05, 4.69) is 45.1 Å². The molecule has 1 unspecified atom stereocenters. The number of ether oxygens (including phenoxy) is 1. The molecule has 2 nitrogen and oxygen atoms in total. The highest BCUT2D eigenvalue weighted by atomic mass is 16.5. The lowest BCUT2D eigenvalue weighted by atomic mass is 9.93. The van der Waals surface area contributed by atoms with Gasteiger partial charge in [-0.2, -0.15) is 0 Å². The van der Waals surface area contributed by atoms with E-state index in [9.17, 15) is 0 Å². The van der Waals surface area contributed by atoms with Crippen molar-refractivity contribution in [1.82, 2.24) is 5.32 Å². The van der Waals surface area contributed by atoms with Crippen molar-refractivity contribution in [2.45, 2.75) is 47.1 Å². The molecule has 0 aromatic heterocycles. The van der Waals surface area contributed by atoms with Gasteiger partial charge in [0.25, 0.3) is 0 Å². The predicted molar refractivity (Wildman–Crippen MR) is 78.5 cm³/mol. The molecular formula is C16H27NO. The first-order valence-corrected chi connectivity index (χ1v) is 6.89. The molecule has 0 amide bonds. The van der Waals surface area contributed by atoms with Crippen LogP contribution in [-0.2, 0) is 6.42 Å². The van der Waals surface area contributed by atoms with Crippen molar-refractivity contribution in [3.63, 3.8) is 0 Å². The summed E-state index contributed by atoms with van der Waals surface area (Å²) in [6, 6.07) is 4.97. The number of rotatable bonds is 6. The van der Waals surface area contributed by atoms with Crippen molar-refractivity contribution in [1.29, 1.82) is 0 Å². The lowest BCUT2D eigenvalue weighted by Gasteiger charge is -2.22. The van der Waals surface area contributed by atoms with Crippen LogP contribution in [0.5, 0.6) is 5.75 Å². The van der Waals surface area contributed by atoms with Gasteiger partial charge in [0.2, 0.25) is 0 Å². The third kappa shape index (κ3) is 3.74. The fourth-order valence-corrected chi connectivity index (χ4v) is 2.29. The number of hydrogen-bond acceptors (Lipinski definition) is 2. The van der Waals surface area contributed by atoms with Crippen LogP contribution in [0.2, 0.25) is 0 Å². The van der Waals surface area contributed by atoms with Crippen LogP contribution in [-0.4, -0.2) is 19.7 Å². The maximum atomic E-state index is 5.64. The molecule has 1 N–H and O–H groups in total. The second-order valence-corrected chi connectivity index (χ2v) is 5.32. The summed E-state index contributed by atoms with van der Waals surface area (Å²) in [5.74, 6) is 1.66. The zero-order chi connectivity index (χ0) is 13.7. The molecule has 0 radical (unpaired) electrons. The van der Waals surface area contributed by atoms with E-state index < -0.39 is 0 Å². The molecule has 0 aliphatic rings. The molecule has 0 saturated carbocycles. The molecule has 0 aliphatic carbocycles. The Labute approximate surface area is 112 Å². The normalized spacial score (nSPS) is 12.8. The van der Waals surface area contributed by atoms with Crippen LogP contribution in [0, 0.1) is 19.8 Å². The zero-order valence-corrected chi connectivity index (χ0v) is 12.6. The first-order valence-electron chi connectivity index (χ1n) is 6.89. The molecule has 102 valence electrons. The van der Waals surface area contributed by atoms with Crippen molar-refractivity contribution in [3.8, 4) is 5.75 Å². The monoisotopic (exact) mass is 249 g/mol. The quantitative estimate of drug-likeness (QED) is 0.833. The van der Waals surface area contributed by atoms with E-state index in [1.807, 2.05) is 14.0 Å². The fraction of sp³-hybridized carbons (Fsp3) is 0.625. The number of hydrogen-bond donors (Lipinski definition) is 1. The number of nitrogens with one attached hydrogen (secondary N) is 1. The molecule has 1 rings (SSSR count). The Bertz CT molecular complexity index is 385. The third-order valence-corrected chi connectivity index (χ3v) is 3.55. The van der Waals surface area contributed by atoms with Gasteiger partial charge in [-0.15, -0.1) is 0 Å². The Kier molecular flexibility index (Phi) is 5.67. The lowest BCUT2D eigenvalue weighted by molar-refractivity contribution is 0.337. The van der Waals surface area contributed by atoms with Gasteiger partial charge >= 0.3 is 0 Å². The lowest BCUT2D eigenvalue weighted by Crippen LogP contribution is -2.33. The highest BCUT2D eigenvalue weighted by Gasteiger charge is 2.14. The molecule has 1 aromatic rings. The fourth-order valence-electron chi connectivity index (χ4n) is 2.29. The minimum absolute atomic E-state index is 0.529. The van der Waals surface area contributed by atoms with Gasteiger partial charge in [-0.3, -0.25) is 0 Å². The van der Waals surface area contributed by atoms with Crippen molar-refractivity contribution in [2.75, 3.05) is 13.7 Å². The zero-order valence-electron chi connectivity index (χ0n) is 12.6. The Morgan fingerprint density at radius 2 is 1.83 bits per heavy atom. The maximum absolute atomic E-state index is 5.64. The van der Waals surface area contributed by atoms with E-state index in [4.69, 9.17) is 4.74 Å². The van der Waals surface area contributed by atoms with E-state index >= 15 is 0 Å². The largest absolute Gasteiger partial charge is 0.494 e. The molecule has 0 aliphatic heterocycles. The minimum atomic E-state index is 0.529. The van der Waals surface area contributed by atoms with Crippen LogP contribution in [0.4, 0.5) is 0 Å². The molecular weight excluding hydrogens is 222 g/mol. The average molecular weight is 249 g/mol. The average Bonchev–Trinajstić information content (AvgIpc) is 2.31.